The lowest BCUT2D eigenvalue weighted by molar-refractivity contribution is 0.551. The van der Waals surface area contributed by atoms with Crippen molar-refractivity contribution in [2.45, 2.75) is 88.9 Å². The minimum Gasteiger partial charge on any atom is -0.309 e. The van der Waals surface area contributed by atoms with Gasteiger partial charge in [-0.25, -0.2) is 13.6 Å². The van der Waals surface area contributed by atoms with Crippen molar-refractivity contribution in [3.63, 3.8) is 0 Å². The first kappa shape index (κ1) is 22.7. The summed E-state index contributed by atoms with van der Waals surface area (Å²) in [6, 6.07) is 6.65. The van der Waals surface area contributed by atoms with E-state index < -0.39 is 10.0 Å². The van der Waals surface area contributed by atoms with E-state index in [0.29, 0.717) is 6.67 Å². The molecule has 6 nitrogen and oxygen atoms in total. The number of hydrogen-bond donors (Lipinski definition) is 2. The summed E-state index contributed by atoms with van der Waals surface area (Å²) in [6.45, 7) is 2.87. The summed E-state index contributed by atoms with van der Waals surface area (Å²) in [5, 5.41) is 9.56. The molecule has 0 radical (unpaired) electrons. The third-order valence-corrected chi connectivity index (χ3v) is 6.16. The minimum absolute atomic E-state index is 0.132. The molecule has 28 heavy (non-hydrogen) atoms. The fraction of sp³-hybridized carbons (Fsp3) is 0.667. The Hall–Kier alpha value is -1.60. The van der Waals surface area contributed by atoms with E-state index in [9.17, 15) is 8.42 Å². The fourth-order valence-corrected chi connectivity index (χ4v) is 4.06. The summed E-state index contributed by atoms with van der Waals surface area (Å²) < 4.78 is 22.8. The predicted molar refractivity (Wildman–Crippen MR) is 117 cm³/mol. The molecule has 2 rings (SSSR count). The molecule has 0 saturated heterocycles. The number of benzene rings is 1. The number of unbranched alkanes of at least 4 members (excludes halogenated alkanes) is 10. The van der Waals surface area contributed by atoms with Crippen molar-refractivity contribution in [3.05, 3.63) is 24.3 Å². The molecule has 158 valence electrons. The number of amidine groups is 1. The zero-order valence-electron chi connectivity index (χ0n) is 17.2. The van der Waals surface area contributed by atoms with E-state index in [2.05, 4.69) is 22.4 Å². The maximum absolute atomic E-state index is 11.4. The smallest absolute Gasteiger partial charge is 0.238 e. The SMILES string of the molecule is CCCCCCCCCCCCCC1=NNCN1c1ccc(S(N)(=O)=O)cc1. The molecular weight excluding hydrogens is 372 g/mol. The molecule has 3 N–H and O–H groups in total. The van der Waals surface area contributed by atoms with Gasteiger partial charge in [-0.15, -0.1) is 0 Å². The van der Waals surface area contributed by atoms with Crippen LogP contribution in [0.1, 0.15) is 84.0 Å². The molecule has 1 aromatic rings. The highest BCUT2D eigenvalue weighted by Crippen LogP contribution is 2.21. The molecule has 1 aliphatic heterocycles. The van der Waals surface area contributed by atoms with Crippen LogP contribution in [0, 0.1) is 0 Å². The number of anilines is 1. The average Bonchev–Trinajstić information content (AvgIpc) is 3.14. The molecule has 1 aromatic carbocycles. The van der Waals surface area contributed by atoms with E-state index in [1.54, 1.807) is 24.3 Å². The van der Waals surface area contributed by atoms with Gasteiger partial charge in [0.25, 0.3) is 0 Å². The number of nitrogens with one attached hydrogen (secondary N) is 1. The average molecular weight is 409 g/mol. The van der Waals surface area contributed by atoms with Crippen molar-refractivity contribution in [3.8, 4) is 0 Å². The van der Waals surface area contributed by atoms with Gasteiger partial charge in [-0.1, -0.05) is 71.1 Å². The van der Waals surface area contributed by atoms with Gasteiger partial charge in [0.1, 0.15) is 12.5 Å². The second-order valence-electron chi connectivity index (χ2n) is 7.60. The Bertz CT molecular complexity index is 702. The van der Waals surface area contributed by atoms with Crippen LogP contribution in [-0.4, -0.2) is 20.9 Å². The monoisotopic (exact) mass is 408 g/mol. The molecule has 1 heterocycles. The number of sulfonamides is 1. The molecule has 0 saturated carbocycles. The lowest BCUT2D eigenvalue weighted by atomic mass is 10.1. The van der Waals surface area contributed by atoms with E-state index in [0.717, 1.165) is 24.4 Å². The molecule has 0 aromatic heterocycles. The molecule has 0 atom stereocenters. The minimum atomic E-state index is -3.65. The number of nitrogens with zero attached hydrogens (tertiary/aromatic N) is 2. The maximum Gasteiger partial charge on any atom is 0.238 e. The number of rotatable bonds is 14. The summed E-state index contributed by atoms with van der Waals surface area (Å²) in [7, 11) is -3.65. The lowest BCUT2D eigenvalue weighted by Gasteiger charge is -2.19. The summed E-state index contributed by atoms with van der Waals surface area (Å²) in [5.74, 6) is 1.01. The van der Waals surface area contributed by atoms with E-state index >= 15 is 0 Å². The summed E-state index contributed by atoms with van der Waals surface area (Å²) >= 11 is 0. The molecule has 0 aliphatic carbocycles. The first-order chi connectivity index (χ1) is 13.5. The Morgan fingerprint density at radius 1 is 0.929 bits per heavy atom. The highest BCUT2D eigenvalue weighted by molar-refractivity contribution is 7.89. The highest BCUT2D eigenvalue weighted by atomic mass is 32.2. The summed E-state index contributed by atoms with van der Waals surface area (Å²) in [6.07, 6.45) is 15.5. The van der Waals surface area contributed by atoms with Crippen LogP contribution in [0.2, 0.25) is 0 Å². The van der Waals surface area contributed by atoms with Gasteiger partial charge in [-0.2, -0.15) is 5.10 Å². The Kier molecular flexibility index (Phi) is 9.78. The maximum atomic E-state index is 11.4. The van der Waals surface area contributed by atoms with E-state index in [1.807, 2.05) is 0 Å². The van der Waals surface area contributed by atoms with Crippen LogP contribution in [0.3, 0.4) is 0 Å². The Balaban J connectivity index is 1.62. The van der Waals surface area contributed by atoms with Crippen molar-refractivity contribution in [2.24, 2.45) is 10.2 Å². The van der Waals surface area contributed by atoms with Crippen LogP contribution in [0.4, 0.5) is 5.69 Å². The second-order valence-corrected chi connectivity index (χ2v) is 9.16. The van der Waals surface area contributed by atoms with Crippen LogP contribution in [0.5, 0.6) is 0 Å². The highest BCUT2D eigenvalue weighted by Gasteiger charge is 2.18. The molecule has 0 bridgehead atoms. The molecule has 7 heteroatoms. The van der Waals surface area contributed by atoms with Gasteiger partial charge in [0.15, 0.2) is 0 Å². The van der Waals surface area contributed by atoms with Crippen molar-refractivity contribution >= 4 is 21.5 Å². The summed E-state index contributed by atoms with van der Waals surface area (Å²) in [5.41, 5.74) is 3.96. The van der Waals surface area contributed by atoms with Crippen molar-refractivity contribution < 1.29 is 8.42 Å². The van der Waals surface area contributed by atoms with Gasteiger partial charge < -0.3 is 4.90 Å². The number of nitrogens with two attached hydrogens (primary N) is 1. The van der Waals surface area contributed by atoms with Gasteiger partial charge in [-0.05, 0) is 30.7 Å². The Labute approximate surface area is 170 Å². The number of hydrazone groups is 1. The molecule has 1 aliphatic rings. The van der Waals surface area contributed by atoms with Gasteiger partial charge in [0, 0.05) is 12.1 Å². The Morgan fingerprint density at radius 3 is 2.00 bits per heavy atom. The van der Waals surface area contributed by atoms with Gasteiger partial charge >= 0.3 is 0 Å². The zero-order valence-corrected chi connectivity index (χ0v) is 18.0. The molecule has 0 unspecified atom stereocenters. The Morgan fingerprint density at radius 2 is 1.46 bits per heavy atom. The number of hydrogen-bond acceptors (Lipinski definition) is 5. The van der Waals surface area contributed by atoms with Crippen molar-refractivity contribution in [1.82, 2.24) is 5.43 Å². The van der Waals surface area contributed by atoms with Crippen LogP contribution in [-0.2, 0) is 10.0 Å². The van der Waals surface area contributed by atoms with Crippen LogP contribution < -0.4 is 15.5 Å². The second kappa shape index (κ2) is 12.1. The topological polar surface area (TPSA) is 87.8 Å². The first-order valence-electron chi connectivity index (χ1n) is 10.7. The van der Waals surface area contributed by atoms with E-state index in [4.69, 9.17) is 5.14 Å². The quantitative estimate of drug-likeness (QED) is 0.436. The van der Waals surface area contributed by atoms with Crippen molar-refractivity contribution in [2.75, 3.05) is 11.6 Å². The molecular formula is C21H36N4O2S. The van der Waals surface area contributed by atoms with E-state index in [1.165, 1.54) is 64.2 Å². The van der Waals surface area contributed by atoms with E-state index in [-0.39, 0.29) is 4.90 Å². The van der Waals surface area contributed by atoms with Gasteiger partial charge in [0.05, 0.1) is 4.90 Å². The standard InChI is InChI=1S/C21H36N4O2S/c1-2-3-4-5-6-7-8-9-10-11-12-13-21-24-23-18-25(21)19-14-16-20(17-15-19)28(22,26)27/h14-17,23H,2-13,18H2,1H3,(H2,22,26,27). The molecule has 0 amide bonds. The summed E-state index contributed by atoms with van der Waals surface area (Å²) in [4.78, 5) is 2.22. The normalized spacial score (nSPS) is 14.2. The van der Waals surface area contributed by atoms with Crippen LogP contribution in [0.15, 0.2) is 34.3 Å². The molecule has 0 fully saturated rings. The van der Waals surface area contributed by atoms with Crippen molar-refractivity contribution in [1.29, 1.82) is 0 Å². The lowest BCUT2D eigenvalue weighted by Crippen LogP contribution is -2.29. The molecule has 0 spiro atoms. The largest absolute Gasteiger partial charge is 0.309 e. The van der Waals surface area contributed by atoms with Crippen LogP contribution >= 0.6 is 0 Å². The third-order valence-electron chi connectivity index (χ3n) is 5.23. The predicted octanol–water partition coefficient (Wildman–Crippen LogP) is 4.72. The zero-order chi connectivity index (χ0) is 20.2. The van der Waals surface area contributed by atoms with Gasteiger partial charge in [-0.3, -0.25) is 5.43 Å². The number of primary sulfonamides is 1. The van der Waals surface area contributed by atoms with Gasteiger partial charge in [0.2, 0.25) is 10.0 Å². The fourth-order valence-electron chi connectivity index (χ4n) is 3.54. The third kappa shape index (κ3) is 7.80. The van der Waals surface area contributed by atoms with Crippen LogP contribution in [0.25, 0.3) is 0 Å². The first-order valence-corrected chi connectivity index (χ1v) is 12.3.